The summed E-state index contributed by atoms with van der Waals surface area (Å²) in [6.07, 6.45) is 0. The van der Waals surface area contributed by atoms with E-state index in [1.54, 1.807) is 25.6 Å². The normalized spacial score (nSPS) is 10.2. The van der Waals surface area contributed by atoms with Crippen LogP contribution in [-0.2, 0) is 0 Å². The highest BCUT2D eigenvalue weighted by atomic mass is 32.1. The molecular weight excluding hydrogens is 220 g/mol. The average Bonchev–Trinajstić information content (AvgIpc) is 2.74. The minimum Gasteiger partial charge on any atom is -0.493 e. The van der Waals surface area contributed by atoms with Crippen molar-refractivity contribution in [2.45, 2.75) is 6.92 Å². The molecule has 0 aliphatic carbocycles. The van der Waals surface area contributed by atoms with Crippen molar-refractivity contribution in [2.75, 3.05) is 14.2 Å². The highest BCUT2D eigenvalue weighted by molar-refractivity contribution is 7.08. The topological polar surface area (TPSA) is 18.5 Å². The molecule has 84 valence electrons. The molecule has 0 fully saturated rings. The van der Waals surface area contributed by atoms with Gasteiger partial charge in [-0.1, -0.05) is 6.07 Å². The van der Waals surface area contributed by atoms with Crippen molar-refractivity contribution < 1.29 is 9.47 Å². The zero-order chi connectivity index (χ0) is 11.5. The third-order valence-electron chi connectivity index (χ3n) is 2.55. The number of methoxy groups -OCH3 is 2. The van der Waals surface area contributed by atoms with Crippen molar-refractivity contribution in [3.63, 3.8) is 0 Å². The zero-order valence-corrected chi connectivity index (χ0v) is 10.4. The maximum absolute atomic E-state index is 5.29. The van der Waals surface area contributed by atoms with Crippen LogP contribution in [0.4, 0.5) is 0 Å². The van der Waals surface area contributed by atoms with Gasteiger partial charge in [0.2, 0.25) is 0 Å². The van der Waals surface area contributed by atoms with Gasteiger partial charge in [0, 0.05) is 0 Å². The first kappa shape index (κ1) is 11.0. The molecule has 0 amide bonds. The number of thiophene rings is 1. The van der Waals surface area contributed by atoms with Crippen LogP contribution in [0.2, 0.25) is 0 Å². The first-order valence-electron chi connectivity index (χ1n) is 5.01. The van der Waals surface area contributed by atoms with Crippen LogP contribution in [-0.4, -0.2) is 14.2 Å². The fourth-order valence-electron chi connectivity index (χ4n) is 1.66. The van der Waals surface area contributed by atoms with E-state index in [1.165, 1.54) is 11.1 Å². The summed E-state index contributed by atoms with van der Waals surface area (Å²) < 4.78 is 10.5. The van der Waals surface area contributed by atoms with Gasteiger partial charge in [0.15, 0.2) is 11.5 Å². The molecule has 0 bridgehead atoms. The van der Waals surface area contributed by atoms with Gasteiger partial charge in [-0.15, -0.1) is 0 Å². The molecule has 0 saturated heterocycles. The summed E-state index contributed by atoms with van der Waals surface area (Å²) >= 11 is 1.71. The molecule has 0 N–H and O–H groups in total. The average molecular weight is 234 g/mol. The fourth-order valence-corrected chi connectivity index (χ4v) is 2.52. The van der Waals surface area contributed by atoms with Crippen molar-refractivity contribution in [1.29, 1.82) is 0 Å². The maximum Gasteiger partial charge on any atom is 0.161 e. The summed E-state index contributed by atoms with van der Waals surface area (Å²) in [4.78, 5) is 0. The molecule has 1 aromatic carbocycles. The molecule has 2 nitrogen and oxygen atoms in total. The molecule has 0 aliphatic rings. The maximum atomic E-state index is 5.29. The van der Waals surface area contributed by atoms with Crippen molar-refractivity contribution in [3.8, 4) is 22.6 Å². The van der Waals surface area contributed by atoms with Crippen LogP contribution in [0.15, 0.2) is 29.0 Å². The van der Waals surface area contributed by atoms with E-state index in [9.17, 15) is 0 Å². The monoisotopic (exact) mass is 234 g/mol. The van der Waals surface area contributed by atoms with E-state index in [0.29, 0.717) is 0 Å². The molecule has 16 heavy (non-hydrogen) atoms. The van der Waals surface area contributed by atoms with E-state index in [1.807, 2.05) is 12.1 Å². The summed E-state index contributed by atoms with van der Waals surface area (Å²) in [6.45, 7) is 2.11. The molecular formula is C13H14O2S. The minimum absolute atomic E-state index is 0.763. The lowest BCUT2D eigenvalue weighted by Crippen LogP contribution is -1.90. The molecule has 0 radical (unpaired) electrons. The first-order valence-corrected chi connectivity index (χ1v) is 5.95. The fraction of sp³-hybridized carbons (Fsp3) is 0.231. The van der Waals surface area contributed by atoms with Crippen molar-refractivity contribution >= 4 is 11.3 Å². The van der Waals surface area contributed by atoms with Crippen LogP contribution in [0.1, 0.15) is 5.56 Å². The van der Waals surface area contributed by atoms with Crippen LogP contribution in [0, 0.1) is 6.92 Å². The van der Waals surface area contributed by atoms with E-state index in [4.69, 9.17) is 9.47 Å². The summed E-state index contributed by atoms with van der Waals surface area (Å²) in [7, 11) is 3.30. The second kappa shape index (κ2) is 4.58. The lowest BCUT2D eigenvalue weighted by Gasteiger charge is -2.09. The van der Waals surface area contributed by atoms with Crippen molar-refractivity contribution in [2.24, 2.45) is 0 Å². The third kappa shape index (κ3) is 1.91. The van der Waals surface area contributed by atoms with Gasteiger partial charge in [0.25, 0.3) is 0 Å². The van der Waals surface area contributed by atoms with Gasteiger partial charge in [-0.05, 0) is 46.5 Å². The SMILES string of the molecule is COc1ccc(-c2cscc2C)cc1OC. The molecule has 0 saturated carbocycles. The lowest BCUT2D eigenvalue weighted by molar-refractivity contribution is 0.355. The van der Waals surface area contributed by atoms with Gasteiger partial charge >= 0.3 is 0 Å². The second-order valence-corrected chi connectivity index (χ2v) is 4.28. The Kier molecular flexibility index (Phi) is 3.15. The van der Waals surface area contributed by atoms with E-state index in [0.717, 1.165) is 17.1 Å². The first-order chi connectivity index (χ1) is 7.76. The van der Waals surface area contributed by atoms with Crippen LogP contribution < -0.4 is 9.47 Å². The quantitative estimate of drug-likeness (QED) is 0.805. The van der Waals surface area contributed by atoms with Gasteiger partial charge in [0.1, 0.15) is 0 Å². The molecule has 0 unspecified atom stereocenters. The Morgan fingerprint density at radius 1 is 1.00 bits per heavy atom. The Morgan fingerprint density at radius 3 is 2.31 bits per heavy atom. The van der Waals surface area contributed by atoms with Crippen molar-refractivity contribution in [3.05, 3.63) is 34.5 Å². The van der Waals surface area contributed by atoms with Gasteiger partial charge in [-0.2, -0.15) is 11.3 Å². The Bertz CT molecular complexity index is 488. The molecule has 2 rings (SSSR count). The van der Waals surface area contributed by atoms with Gasteiger partial charge in [-0.3, -0.25) is 0 Å². The van der Waals surface area contributed by atoms with Gasteiger partial charge in [0.05, 0.1) is 14.2 Å². The molecule has 3 heteroatoms. The summed E-state index contributed by atoms with van der Waals surface area (Å²) in [5.74, 6) is 1.53. The minimum atomic E-state index is 0.763. The highest BCUT2D eigenvalue weighted by Gasteiger charge is 2.08. The van der Waals surface area contributed by atoms with Gasteiger partial charge in [-0.25, -0.2) is 0 Å². The summed E-state index contributed by atoms with van der Waals surface area (Å²) in [5, 5.41) is 4.29. The van der Waals surface area contributed by atoms with E-state index >= 15 is 0 Å². The highest BCUT2D eigenvalue weighted by Crippen LogP contribution is 2.34. The van der Waals surface area contributed by atoms with Crippen LogP contribution in [0.25, 0.3) is 11.1 Å². The Morgan fingerprint density at radius 2 is 1.75 bits per heavy atom. The Hall–Kier alpha value is -1.48. The largest absolute Gasteiger partial charge is 0.493 e. The number of hydrogen-bond donors (Lipinski definition) is 0. The van der Waals surface area contributed by atoms with Crippen LogP contribution in [0.3, 0.4) is 0 Å². The molecule has 0 spiro atoms. The lowest BCUT2D eigenvalue weighted by atomic mass is 10.1. The molecule has 2 aromatic rings. The molecule has 1 heterocycles. The molecule has 0 aliphatic heterocycles. The third-order valence-corrected chi connectivity index (χ3v) is 3.41. The number of rotatable bonds is 3. The number of aryl methyl sites for hydroxylation is 1. The predicted molar refractivity (Wildman–Crippen MR) is 67.6 cm³/mol. The van der Waals surface area contributed by atoms with Crippen LogP contribution in [0.5, 0.6) is 11.5 Å². The van der Waals surface area contributed by atoms with Crippen LogP contribution >= 0.6 is 11.3 Å². The summed E-state index contributed by atoms with van der Waals surface area (Å²) in [5.41, 5.74) is 3.71. The molecule has 1 aromatic heterocycles. The smallest absolute Gasteiger partial charge is 0.161 e. The Balaban J connectivity index is 2.48. The zero-order valence-electron chi connectivity index (χ0n) is 9.61. The predicted octanol–water partition coefficient (Wildman–Crippen LogP) is 3.74. The van der Waals surface area contributed by atoms with E-state index < -0.39 is 0 Å². The van der Waals surface area contributed by atoms with E-state index in [2.05, 4.69) is 23.8 Å². The van der Waals surface area contributed by atoms with Gasteiger partial charge < -0.3 is 9.47 Å². The second-order valence-electron chi connectivity index (χ2n) is 3.54. The number of ether oxygens (including phenoxy) is 2. The van der Waals surface area contributed by atoms with E-state index in [-0.39, 0.29) is 0 Å². The standard InChI is InChI=1S/C13H14O2S/c1-9-7-16-8-11(9)10-4-5-12(14-2)13(6-10)15-3/h4-8H,1-3H3. The van der Waals surface area contributed by atoms with Crippen molar-refractivity contribution in [1.82, 2.24) is 0 Å². The Labute approximate surface area is 99.5 Å². The molecule has 0 atom stereocenters. The number of benzene rings is 1. The number of hydrogen-bond acceptors (Lipinski definition) is 3. The summed E-state index contributed by atoms with van der Waals surface area (Å²) in [6, 6.07) is 6.00.